The quantitative estimate of drug-likeness (QED) is 0.698. The van der Waals surface area contributed by atoms with Crippen LogP contribution in [0.25, 0.3) is 11.1 Å². The first-order chi connectivity index (χ1) is 6.95. The van der Waals surface area contributed by atoms with E-state index in [1.807, 2.05) is 36.4 Å². The van der Waals surface area contributed by atoms with Gasteiger partial charge in [-0.3, -0.25) is 0 Å². The fourth-order valence-corrected chi connectivity index (χ4v) is 1.70. The number of hydrogen-bond donors (Lipinski definition) is 1. The molecule has 1 N–H and O–H groups in total. The Morgan fingerprint density at radius 2 is 1.47 bits per heavy atom. The lowest BCUT2D eigenvalue weighted by Gasteiger charge is -2.20. The lowest BCUT2D eigenvalue weighted by atomic mass is 10.0. The number of rotatable bonds is 0. The third-order valence-electron chi connectivity index (χ3n) is 2.38. The van der Waals surface area contributed by atoms with Gasteiger partial charge in [-0.15, -0.1) is 0 Å². The largest absolute Gasteiger partial charge is 0.381 e. The summed E-state index contributed by atoms with van der Waals surface area (Å²) in [5, 5.41) is 0. The molecule has 1 heterocycles. The summed E-state index contributed by atoms with van der Waals surface area (Å²) in [7, 11) is 0. The van der Waals surface area contributed by atoms with Gasteiger partial charge in [-0.2, -0.15) is 0 Å². The van der Waals surface area contributed by atoms with E-state index >= 15 is 0 Å². The number of nitrogens with one attached hydrogen (secondary N) is 1. The topological polar surface area (TPSA) is 21.3 Å². The summed E-state index contributed by atoms with van der Waals surface area (Å²) in [5.41, 5.74) is 6.27. The van der Waals surface area contributed by atoms with Gasteiger partial charge in [0.2, 0.25) is 0 Å². The standard InChI is InChI=1S/C12H9NO.CH4/c1-3-7-11-9(5-1)10-6-2-4-8-12(10)14-13-11;/h1-8,13H;1H4. The summed E-state index contributed by atoms with van der Waals surface area (Å²) in [5.74, 6) is 0.881. The summed E-state index contributed by atoms with van der Waals surface area (Å²) in [6.07, 6.45) is 0. The van der Waals surface area contributed by atoms with E-state index < -0.39 is 0 Å². The highest BCUT2D eigenvalue weighted by Gasteiger charge is 2.14. The number of para-hydroxylation sites is 2. The van der Waals surface area contributed by atoms with Crippen LogP contribution in [0.15, 0.2) is 48.5 Å². The summed E-state index contributed by atoms with van der Waals surface area (Å²) in [6.45, 7) is 0. The van der Waals surface area contributed by atoms with Crippen molar-refractivity contribution in [2.45, 2.75) is 7.43 Å². The lowest BCUT2D eigenvalue weighted by Crippen LogP contribution is -2.10. The summed E-state index contributed by atoms with van der Waals surface area (Å²) < 4.78 is 0. The van der Waals surface area contributed by atoms with E-state index in [4.69, 9.17) is 4.84 Å². The van der Waals surface area contributed by atoms with E-state index in [0.29, 0.717) is 0 Å². The molecule has 0 aliphatic carbocycles. The van der Waals surface area contributed by atoms with Gasteiger partial charge < -0.3 is 4.84 Å². The van der Waals surface area contributed by atoms with E-state index in [1.54, 1.807) is 0 Å². The molecule has 2 aromatic rings. The van der Waals surface area contributed by atoms with Gasteiger partial charge in [0.25, 0.3) is 0 Å². The van der Waals surface area contributed by atoms with Gasteiger partial charge in [0.15, 0.2) is 5.75 Å². The van der Waals surface area contributed by atoms with Crippen LogP contribution in [0.2, 0.25) is 0 Å². The Bertz CT molecular complexity index is 434. The predicted molar refractivity (Wildman–Crippen MR) is 62.9 cm³/mol. The van der Waals surface area contributed by atoms with Crippen molar-refractivity contribution in [3.8, 4) is 16.9 Å². The maximum atomic E-state index is 5.40. The molecule has 2 aromatic carbocycles. The Labute approximate surface area is 89.5 Å². The number of fused-ring (bicyclic) bond motifs is 3. The van der Waals surface area contributed by atoms with Crippen molar-refractivity contribution in [1.82, 2.24) is 0 Å². The Morgan fingerprint density at radius 3 is 2.33 bits per heavy atom. The van der Waals surface area contributed by atoms with Crippen molar-refractivity contribution in [1.29, 1.82) is 0 Å². The fraction of sp³-hybridized carbons (Fsp3) is 0.0769. The summed E-state index contributed by atoms with van der Waals surface area (Å²) >= 11 is 0. The molecule has 0 fully saturated rings. The van der Waals surface area contributed by atoms with Crippen LogP contribution in [0.4, 0.5) is 5.69 Å². The second kappa shape index (κ2) is 3.65. The molecular weight excluding hydrogens is 186 g/mol. The predicted octanol–water partition coefficient (Wildman–Crippen LogP) is 3.71. The third kappa shape index (κ3) is 1.44. The van der Waals surface area contributed by atoms with Crippen molar-refractivity contribution >= 4 is 5.69 Å². The minimum atomic E-state index is 0. The van der Waals surface area contributed by atoms with E-state index in [9.17, 15) is 0 Å². The van der Waals surface area contributed by atoms with Crippen LogP contribution >= 0.6 is 0 Å². The van der Waals surface area contributed by atoms with Gasteiger partial charge in [0.05, 0.1) is 5.69 Å². The molecule has 76 valence electrons. The van der Waals surface area contributed by atoms with Crippen molar-refractivity contribution in [3.05, 3.63) is 48.5 Å². The van der Waals surface area contributed by atoms with Crippen LogP contribution in [0.1, 0.15) is 7.43 Å². The molecule has 0 atom stereocenters. The van der Waals surface area contributed by atoms with Crippen LogP contribution < -0.4 is 10.3 Å². The highest BCUT2D eigenvalue weighted by Crippen LogP contribution is 2.38. The van der Waals surface area contributed by atoms with Crippen molar-refractivity contribution in [2.75, 3.05) is 5.48 Å². The molecular formula is C13H13NO. The van der Waals surface area contributed by atoms with Crippen LogP contribution in [-0.4, -0.2) is 0 Å². The minimum Gasteiger partial charge on any atom is -0.381 e. The molecule has 0 spiro atoms. The van der Waals surface area contributed by atoms with Gasteiger partial charge in [-0.05, 0) is 12.1 Å². The smallest absolute Gasteiger partial charge is 0.162 e. The Kier molecular flexibility index (Phi) is 2.34. The first-order valence-corrected chi connectivity index (χ1v) is 4.56. The van der Waals surface area contributed by atoms with Gasteiger partial charge in [0.1, 0.15) is 0 Å². The Hall–Kier alpha value is -1.96. The Balaban J connectivity index is 0.000000853. The van der Waals surface area contributed by atoms with Gasteiger partial charge >= 0.3 is 0 Å². The van der Waals surface area contributed by atoms with Crippen LogP contribution in [0.5, 0.6) is 5.75 Å². The average Bonchev–Trinajstić information content (AvgIpc) is 2.29. The first-order valence-electron chi connectivity index (χ1n) is 4.56. The van der Waals surface area contributed by atoms with E-state index in [1.165, 1.54) is 5.56 Å². The lowest BCUT2D eigenvalue weighted by molar-refractivity contribution is 0.402. The minimum absolute atomic E-state index is 0. The van der Waals surface area contributed by atoms with Crippen molar-refractivity contribution < 1.29 is 4.84 Å². The zero-order valence-electron chi connectivity index (χ0n) is 7.53. The molecule has 0 bridgehead atoms. The molecule has 0 saturated carbocycles. The molecule has 0 radical (unpaired) electrons. The van der Waals surface area contributed by atoms with E-state index in [2.05, 4.69) is 17.6 Å². The summed E-state index contributed by atoms with van der Waals surface area (Å²) in [4.78, 5) is 5.40. The van der Waals surface area contributed by atoms with Crippen molar-refractivity contribution in [2.24, 2.45) is 0 Å². The highest BCUT2D eigenvalue weighted by molar-refractivity contribution is 5.83. The van der Waals surface area contributed by atoms with Gasteiger partial charge in [0, 0.05) is 11.1 Å². The molecule has 0 amide bonds. The SMILES string of the molecule is C.c1ccc2c(c1)NOc1ccccc1-2. The fourth-order valence-electron chi connectivity index (χ4n) is 1.70. The number of anilines is 1. The molecule has 0 saturated heterocycles. The van der Waals surface area contributed by atoms with Crippen LogP contribution in [-0.2, 0) is 0 Å². The van der Waals surface area contributed by atoms with Crippen LogP contribution in [0.3, 0.4) is 0 Å². The molecule has 1 aliphatic rings. The molecule has 1 aliphatic heterocycles. The second-order valence-corrected chi connectivity index (χ2v) is 3.25. The zero-order valence-corrected chi connectivity index (χ0v) is 7.53. The maximum absolute atomic E-state index is 5.40. The molecule has 0 aromatic heterocycles. The monoisotopic (exact) mass is 199 g/mol. The third-order valence-corrected chi connectivity index (χ3v) is 2.38. The molecule has 2 nitrogen and oxygen atoms in total. The normalized spacial score (nSPS) is 11.2. The molecule has 0 unspecified atom stereocenters. The molecule has 2 heteroatoms. The van der Waals surface area contributed by atoms with E-state index in [0.717, 1.165) is 17.0 Å². The van der Waals surface area contributed by atoms with Gasteiger partial charge in [-0.1, -0.05) is 43.8 Å². The van der Waals surface area contributed by atoms with Crippen molar-refractivity contribution in [3.63, 3.8) is 0 Å². The zero-order chi connectivity index (χ0) is 9.38. The maximum Gasteiger partial charge on any atom is 0.162 e. The molecule has 15 heavy (non-hydrogen) atoms. The highest BCUT2D eigenvalue weighted by atomic mass is 16.6. The Morgan fingerprint density at radius 1 is 0.800 bits per heavy atom. The summed E-state index contributed by atoms with van der Waals surface area (Å²) in [6, 6.07) is 16.1. The van der Waals surface area contributed by atoms with Crippen LogP contribution in [0, 0.1) is 0 Å². The first kappa shape index (κ1) is 9.59. The van der Waals surface area contributed by atoms with E-state index in [-0.39, 0.29) is 7.43 Å². The average molecular weight is 199 g/mol. The number of benzene rings is 2. The second-order valence-electron chi connectivity index (χ2n) is 3.25. The number of hydrogen-bond acceptors (Lipinski definition) is 2. The van der Waals surface area contributed by atoms with Gasteiger partial charge in [-0.25, -0.2) is 5.48 Å². The molecule has 3 rings (SSSR count).